The number of rotatable bonds is 2. The Hall–Kier alpha value is -2.51. The lowest BCUT2D eigenvalue weighted by molar-refractivity contribution is -0.119. The van der Waals surface area contributed by atoms with E-state index in [1.807, 2.05) is 71.0 Å². The standard InChI is InChI=1S/C27H32BFN2O3/c1-24(2)15-19(32)20-21(22(24)29)31-23-18(12-9-13-30-23)27(20,7)16-10-8-11-17(14-16)28-33-25(3,4)26(5,6)34-28/h8-14,22H,15H2,1-7H3,(H,30,31). The molecule has 1 aliphatic carbocycles. The van der Waals surface area contributed by atoms with Crippen LogP contribution in [0.4, 0.5) is 10.2 Å². The van der Waals surface area contributed by atoms with E-state index in [0.717, 1.165) is 16.6 Å². The van der Waals surface area contributed by atoms with Gasteiger partial charge in [-0.15, -0.1) is 0 Å². The van der Waals surface area contributed by atoms with Gasteiger partial charge in [-0.05, 0) is 51.7 Å². The van der Waals surface area contributed by atoms with Gasteiger partial charge in [0.1, 0.15) is 12.0 Å². The molecule has 34 heavy (non-hydrogen) atoms. The Labute approximate surface area is 201 Å². The lowest BCUT2D eigenvalue weighted by Crippen LogP contribution is -2.48. The number of halogens is 1. The molecule has 178 valence electrons. The molecule has 7 heteroatoms. The number of nitrogens with one attached hydrogen (secondary N) is 1. The number of anilines is 1. The molecule has 1 fully saturated rings. The molecule has 0 bridgehead atoms. The molecule has 2 atom stereocenters. The molecule has 1 N–H and O–H groups in total. The Morgan fingerprint density at radius 3 is 2.38 bits per heavy atom. The van der Waals surface area contributed by atoms with Crippen LogP contribution >= 0.6 is 0 Å². The SMILES string of the molecule is CC1(c2cccc(B3OC(C)(C)C(C)(C)O3)c2)C2=C(Nc3ncccc31)C(F)C(C)(C)CC2=O. The van der Waals surface area contributed by atoms with Crippen LogP contribution in [0.25, 0.3) is 0 Å². The maximum Gasteiger partial charge on any atom is 0.494 e. The second-order valence-electron chi connectivity index (χ2n) is 11.6. The van der Waals surface area contributed by atoms with Crippen LogP contribution in [-0.4, -0.2) is 35.3 Å². The minimum absolute atomic E-state index is 0.0422. The molecule has 0 amide bonds. The van der Waals surface area contributed by atoms with E-state index in [0.29, 0.717) is 17.1 Å². The van der Waals surface area contributed by atoms with E-state index in [4.69, 9.17) is 9.31 Å². The summed E-state index contributed by atoms with van der Waals surface area (Å²) in [5, 5.41) is 3.17. The number of fused-ring (bicyclic) bond motifs is 1. The Bertz CT molecular complexity index is 1210. The van der Waals surface area contributed by atoms with E-state index in [1.165, 1.54) is 0 Å². The number of carbonyl (C=O) groups is 1. The van der Waals surface area contributed by atoms with E-state index in [1.54, 1.807) is 20.0 Å². The number of benzene rings is 1. The van der Waals surface area contributed by atoms with Crippen molar-refractivity contribution < 1.29 is 18.5 Å². The molecule has 0 saturated carbocycles. The van der Waals surface area contributed by atoms with Crippen LogP contribution in [0.1, 0.15) is 66.0 Å². The van der Waals surface area contributed by atoms with Crippen LogP contribution < -0.4 is 10.8 Å². The number of pyridine rings is 1. The van der Waals surface area contributed by atoms with Crippen molar-refractivity contribution >= 4 is 24.2 Å². The first-order chi connectivity index (χ1) is 15.8. The fraction of sp³-hybridized carbons (Fsp3) is 0.481. The van der Waals surface area contributed by atoms with Gasteiger partial charge in [0.15, 0.2) is 5.78 Å². The number of carbonyl (C=O) groups excluding carboxylic acids is 1. The topological polar surface area (TPSA) is 60.5 Å². The second-order valence-corrected chi connectivity index (χ2v) is 11.6. The third-order valence-electron chi connectivity index (χ3n) is 8.19. The van der Waals surface area contributed by atoms with Crippen molar-refractivity contribution in [3.05, 3.63) is 65.0 Å². The number of aromatic nitrogens is 1. The number of hydrogen-bond acceptors (Lipinski definition) is 5. The molecule has 0 spiro atoms. The maximum absolute atomic E-state index is 15.8. The van der Waals surface area contributed by atoms with Gasteiger partial charge in [0.05, 0.1) is 22.3 Å². The molecule has 0 radical (unpaired) electrons. The van der Waals surface area contributed by atoms with E-state index in [9.17, 15) is 4.79 Å². The van der Waals surface area contributed by atoms with Crippen LogP contribution in [0.15, 0.2) is 53.9 Å². The maximum atomic E-state index is 15.8. The van der Waals surface area contributed by atoms with E-state index < -0.39 is 35.3 Å². The molecule has 1 aromatic carbocycles. The number of Topliss-reactive ketones (excluding diaryl/α,β-unsaturated/α-hetero) is 1. The van der Waals surface area contributed by atoms with Crippen molar-refractivity contribution in [3.8, 4) is 0 Å². The summed E-state index contributed by atoms with van der Waals surface area (Å²) in [4.78, 5) is 18.1. The summed E-state index contributed by atoms with van der Waals surface area (Å²) < 4.78 is 28.3. The summed E-state index contributed by atoms with van der Waals surface area (Å²) in [7, 11) is -0.535. The van der Waals surface area contributed by atoms with Gasteiger partial charge in [0.25, 0.3) is 0 Å². The fourth-order valence-electron chi connectivity index (χ4n) is 5.38. The van der Waals surface area contributed by atoms with E-state index in [-0.39, 0.29) is 12.2 Å². The van der Waals surface area contributed by atoms with Gasteiger partial charge in [-0.2, -0.15) is 0 Å². The number of hydrogen-bond donors (Lipinski definition) is 1. The van der Waals surface area contributed by atoms with Crippen LogP contribution in [0.2, 0.25) is 0 Å². The highest BCUT2D eigenvalue weighted by Crippen LogP contribution is 2.52. The van der Waals surface area contributed by atoms with Crippen LogP contribution in [0.5, 0.6) is 0 Å². The zero-order chi connectivity index (χ0) is 24.7. The molecule has 3 heterocycles. The molecule has 3 aliphatic rings. The summed E-state index contributed by atoms with van der Waals surface area (Å²) in [6, 6.07) is 11.7. The largest absolute Gasteiger partial charge is 0.494 e. The minimum Gasteiger partial charge on any atom is -0.399 e. The Balaban J connectivity index is 1.68. The monoisotopic (exact) mass is 462 g/mol. The van der Waals surface area contributed by atoms with Crippen molar-refractivity contribution in [2.45, 2.75) is 77.7 Å². The van der Waals surface area contributed by atoms with Gasteiger partial charge >= 0.3 is 7.12 Å². The summed E-state index contributed by atoms with van der Waals surface area (Å²) in [5.41, 5.74) is 0.798. The fourth-order valence-corrected chi connectivity index (χ4v) is 5.38. The van der Waals surface area contributed by atoms with Gasteiger partial charge in [-0.1, -0.05) is 44.2 Å². The molecule has 5 nitrogen and oxygen atoms in total. The summed E-state index contributed by atoms with van der Waals surface area (Å²) >= 11 is 0. The van der Waals surface area contributed by atoms with Crippen LogP contribution in [0.3, 0.4) is 0 Å². The molecule has 1 saturated heterocycles. The molecular formula is C27H32BFN2O3. The van der Waals surface area contributed by atoms with Gasteiger partial charge in [0.2, 0.25) is 0 Å². The average Bonchev–Trinajstić information content (AvgIpc) is 2.99. The predicted molar refractivity (Wildman–Crippen MR) is 132 cm³/mol. The highest BCUT2D eigenvalue weighted by Gasteiger charge is 2.54. The lowest BCUT2D eigenvalue weighted by atomic mass is 9.60. The third-order valence-corrected chi connectivity index (χ3v) is 8.19. The third kappa shape index (κ3) is 3.20. The quantitative estimate of drug-likeness (QED) is 0.656. The van der Waals surface area contributed by atoms with Crippen LogP contribution in [-0.2, 0) is 19.5 Å². The number of allylic oxidation sites excluding steroid dienone is 2. The lowest BCUT2D eigenvalue weighted by Gasteiger charge is -2.46. The summed E-state index contributed by atoms with van der Waals surface area (Å²) in [5.74, 6) is 0.539. The Morgan fingerprint density at radius 1 is 1.03 bits per heavy atom. The number of alkyl halides is 1. The first kappa shape index (κ1) is 23.2. The van der Waals surface area contributed by atoms with Gasteiger partial charge in [0, 0.05) is 29.2 Å². The van der Waals surface area contributed by atoms with E-state index in [2.05, 4.69) is 10.3 Å². The van der Waals surface area contributed by atoms with Gasteiger partial charge in [-0.25, -0.2) is 9.37 Å². The molecular weight excluding hydrogens is 430 g/mol. The van der Waals surface area contributed by atoms with Crippen molar-refractivity contribution in [1.29, 1.82) is 0 Å². The van der Waals surface area contributed by atoms with Crippen molar-refractivity contribution in [2.75, 3.05) is 5.32 Å². The molecule has 2 aliphatic heterocycles. The zero-order valence-electron chi connectivity index (χ0n) is 21.0. The zero-order valence-corrected chi connectivity index (χ0v) is 21.0. The smallest absolute Gasteiger partial charge is 0.399 e. The normalized spacial score (nSPS) is 28.9. The van der Waals surface area contributed by atoms with Crippen molar-refractivity contribution in [3.63, 3.8) is 0 Å². The first-order valence-corrected chi connectivity index (χ1v) is 11.9. The minimum atomic E-state index is -1.30. The average molecular weight is 462 g/mol. The Morgan fingerprint density at radius 2 is 1.71 bits per heavy atom. The van der Waals surface area contributed by atoms with Gasteiger partial charge < -0.3 is 14.6 Å². The summed E-state index contributed by atoms with van der Waals surface area (Å²) in [6.07, 6.45) is 0.527. The number of ketones is 1. The molecule has 5 rings (SSSR count). The first-order valence-electron chi connectivity index (χ1n) is 11.9. The highest BCUT2D eigenvalue weighted by molar-refractivity contribution is 6.62. The highest BCUT2D eigenvalue weighted by atomic mass is 19.1. The van der Waals surface area contributed by atoms with Gasteiger partial charge in [-0.3, -0.25) is 4.79 Å². The van der Waals surface area contributed by atoms with Crippen LogP contribution in [0, 0.1) is 5.41 Å². The number of nitrogens with zero attached hydrogens (tertiary/aromatic N) is 1. The van der Waals surface area contributed by atoms with Crippen molar-refractivity contribution in [1.82, 2.24) is 4.98 Å². The second kappa shape index (κ2) is 7.25. The van der Waals surface area contributed by atoms with Crippen molar-refractivity contribution in [2.24, 2.45) is 5.41 Å². The Kier molecular flexibility index (Phi) is 4.96. The molecule has 2 unspecified atom stereocenters. The van der Waals surface area contributed by atoms with E-state index >= 15 is 4.39 Å². The summed E-state index contributed by atoms with van der Waals surface area (Å²) in [6.45, 7) is 13.7. The molecule has 1 aromatic heterocycles. The predicted octanol–water partition coefficient (Wildman–Crippen LogP) is 4.70. The molecule has 2 aromatic rings.